The Morgan fingerprint density at radius 2 is 1.07 bits per heavy atom. The first kappa shape index (κ1) is 93.7. The van der Waals surface area contributed by atoms with Gasteiger partial charge in [-0.05, 0) is 54.8 Å². The number of likely N-dealkylation sites (N-methyl/N-ethyl adjacent to an activating group) is 1. The number of carbonyl (C=O) groups is 9. The Hall–Kier alpha value is -9.41. The van der Waals surface area contributed by atoms with Gasteiger partial charge in [0.2, 0.25) is 35.4 Å². The monoisotopic (exact) mass is 1770 g/mol. The van der Waals surface area contributed by atoms with Crippen molar-refractivity contribution in [1.82, 2.24) is 51.5 Å². The van der Waals surface area contributed by atoms with Gasteiger partial charge in [0, 0.05) is 114 Å². The van der Waals surface area contributed by atoms with Crippen molar-refractivity contribution >= 4 is 104 Å². The molecule has 44 nitrogen and oxygen atoms in total. The van der Waals surface area contributed by atoms with E-state index in [1.165, 1.54) is 16.0 Å². The van der Waals surface area contributed by atoms with Gasteiger partial charge in [0.1, 0.15) is 144 Å². The molecule has 12 rings (SSSR count). The van der Waals surface area contributed by atoms with Crippen molar-refractivity contribution < 1.29 is 156 Å². The van der Waals surface area contributed by atoms with Crippen molar-refractivity contribution in [3.8, 4) is 5.75 Å². The zero-order valence-electron chi connectivity index (χ0n) is 67.9. The average molecular weight is 1770 g/mol. The number of aliphatic hydroxyl groups excluding tert-OH is 12. The number of imidazole rings is 1. The number of fused-ring (bicyclic) bond motifs is 5. The summed E-state index contributed by atoms with van der Waals surface area (Å²) in [5.41, 5.74) is 3.35. The summed E-state index contributed by atoms with van der Waals surface area (Å²) in [5, 5.41) is 157. The molecule has 26 atom stereocenters. The highest BCUT2D eigenvalue weighted by Gasteiger charge is 2.58. The zero-order valence-corrected chi connectivity index (χ0v) is 68.7. The quantitative estimate of drug-likeness (QED) is 0.0175. The molecule has 124 heavy (non-hydrogen) atoms. The molecule has 3 aromatic carbocycles. The van der Waals surface area contributed by atoms with E-state index in [9.17, 15) is 104 Å². The van der Waals surface area contributed by atoms with Crippen LogP contribution in [0.4, 0.5) is 16.2 Å². The largest absolute Gasteiger partial charge is 0.451 e. The topological polar surface area (TPSA) is 622 Å². The molecule has 5 saturated heterocycles. The van der Waals surface area contributed by atoms with Gasteiger partial charge in [0.15, 0.2) is 37.2 Å². The number of alkyl halides is 1. The third-order valence-electron chi connectivity index (χ3n) is 22.1. The van der Waals surface area contributed by atoms with Crippen molar-refractivity contribution in [2.75, 3.05) is 88.9 Å². The molecule has 3 aromatic heterocycles. The molecular weight excluding hydrogens is 1660 g/mol. The molecule has 5 unspecified atom stereocenters. The number of aliphatic hydroxyl groups is 12. The van der Waals surface area contributed by atoms with Crippen LogP contribution in [0.1, 0.15) is 78.6 Å². The molecule has 0 radical (unpaired) electrons. The summed E-state index contributed by atoms with van der Waals surface area (Å²) in [7, 11) is 1.65. The Balaban J connectivity index is 0.679. The molecule has 0 saturated carbocycles. The number of hydrogen-bond donors (Lipinski definition) is 20. The lowest BCUT2D eigenvalue weighted by Crippen LogP contribution is -2.72. The molecule has 9 heterocycles. The second-order valence-corrected chi connectivity index (χ2v) is 31.1. The Morgan fingerprint density at radius 3 is 1.60 bits per heavy atom. The lowest BCUT2D eigenvalue weighted by molar-refractivity contribution is -0.367. The second-order valence-electron chi connectivity index (χ2n) is 30.8. The van der Waals surface area contributed by atoms with E-state index >= 15 is 0 Å². The maximum atomic E-state index is 14.7. The Bertz CT molecular complexity index is 4770. The van der Waals surface area contributed by atoms with E-state index in [0.29, 0.717) is 33.4 Å². The summed E-state index contributed by atoms with van der Waals surface area (Å²) in [5.74, 6) is -5.85. The van der Waals surface area contributed by atoms with Crippen LogP contribution in [0.25, 0.3) is 27.4 Å². The number of benzene rings is 3. The molecule has 6 aromatic rings. The fourth-order valence-corrected chi connectivity index (χ4v) is 16.4. The predicted molar refractivity (Wildman–Crippen MR) is 426 cm³/mol. The van der Waals surface area contributed by atoms with E-state index in [2.05, 4.69) is 47.5 Å². The summed E-state index contributed by atoms with van der Waals surface area (Å²) in [4.78, 5) is 128. The number of para-hydroxylation sites is 1. The van der Waals surface area contributed by atoms with Gasteiger partial charge in [-0.1, -0.05) is 36.4 Å². The minimum absolute atomic E-state index is 0.0343. The molecule has 0 spiro atoms. The van der Waals surface area contributed by atoms with Crippen LogP contribution in [-0.4, -0.2) is 361 Å². The van der Waals surface area contributed by atoms with Gasteiger partial charge < -0.3 is 170 Å². The van der Waals surface area contributed by atoms with Gasteiger partial charge in [-0.3, -0.25) is 38.4 Å². The molecule has 6 aliphatic heterocycles. The van der Waals surface area contributed by atoms with Crippen LogP contribution >= 0.6 is 11.6 Å². The molecule has 6 aliphatic rings. The third kappa shape index (κ3) is 20.8. The standard InChI is InChI=1S/C79H103ClN12O32/c1-33-10-9-12-41-45(23-43-56(55(33)41)39(24-80)25-92(43)73(111)42-27-91-26-40(14-15-52(91)88-42)87-72(110)46-22-38-11-7-8-13-44(38)114-46)120-79(113)90(21-19-81-6)20-17-53(102)82-18-16-54(103)89-58-63(105)62(104)47(28-93)116-75(58)122-69-49(30-95)118-77(60(65(69)107)85-36(4)100)124-71-51(32-97)119-78(61(67(71)109)86-37(5)101)123-70-50(31-96)117-76(59(66(70)108)84-35(3)99)121-68-48(29-94)115-74(112)57(64(68)106)83-34(2)98/h7-15,22-23,26-27,39,47-51,57-71,74-78,81,93-97,104-109,112H,16-21,24-25,28-32H2,1-6H3,(H,82,102)(H,83,98)(H,84,99)(H,85,100)(H,86,101)(H,87,110)(H,89,103)/t39-,47-,48-,49-,50-,51-,57-,58-,59-,60-,61-,62-,63-,64-,65-,66-,67-,68?,69?,70?,71?,74?,75+,76+,77+,78+/m1/s1. The number of aryl methyl sites for hydroxylation is 1. The highest BCUT2D eigenvalue weighted by molar-refractivity contribution is 6.19. The summed E-state index contributed by atoms with van der Waals surface area (Å²) in [6.45, 7) is 0.833. The number of nitrogens with zero attached hydrogens (tertiary/aromatic N) is 4. The van der Waals surface area contributed by atoms with Crippen LogP contribution in [0.5, 0.6) is 5.75 Å². The highest BCUT2D eigenvalue weighted by atomic mass is 35.5. The van der Waals surface area contributed by atoms with Crippen molar-refractivity contribution in [2.45, 2.75) is 207 Å². The number of rotatable bonds is 32. The van der Waals surface area contributed by atoms with Gasteiger partial charge in [-0.2, -0.15) is 0 Å². The van der Waals surface area contributed by atoms with E-state index < -0.39 is 246 Å². The number of pyridine rings is 1. The molecule has 678 valence electrons. The number of nitrogens with one attached hydrogen (secondary N) is 8. The van der Waals surface area contributed by atoms with Crippen molar-refractivity contribution in [3.05, 3.63) is 102 Å². The van der Waals surface area contributed by atoms with Gasteiger partial charge in [0.25, 0.3) is 11.8 Å². The molecule has 20 N–H and O–H groups in total. The summed E-state index contributed by atoms with van der Waals surface area (Å²) in [6.07, 6.45) is -35.8. The smallest absolute Gasteiger partial charge is 0.415 e. The van der Waals surface area contributed by atoms with Crippen molar-refractivity contribution in [1.29, 1.82) is 0 Å². The first-order valence-electron chi connectivity index (χ1n) is 40.0. The summed E-state index contributed by atoms with van der Waals surface area (Å²) < 4.78 is 67.7. The minimum atomic E-state index is -2.09. The van der Waals surface area contributed by atoms with E-state index in [4.69, 9.17) is 63.4 Å². The molecule has 0 aliphatic carbocycles. The second kappa shape index (κ2) is 41.4. The van der Waals surface area contributed by atoms with E-state index in [1.54, 1.807) is 66.2 Å². The first-order chi connectivity index (χ1) is 59.3. The number of hydrogen-bond acceptors (Lipinski definition) is 34. The fraction of sp³-hybridized carbons (Fsp3) is 0.570. The maximum absolute atomic E-state index is 14.7. The van der Waals surface area contributed by atoms with Gasteiger partial charge in [-0.25, -0.2) is 9.78 Å². The van der Waals surface area contributed by atoms with Gasteiger partial charge >= 0.3 is 6.09 Å². The third-order valence-corrected chi connectivity index (χ3v) is 22.5. The molecule has 0 bridgehead atoms. The highest BCUT2D eigenvalue weighted by Crippen LogP contribution is 2.48. The Morgan fingerprint density at radius 1 is 0.556 bits per heavy atom. The average Bonchev–Trinajstić information content (AvgIpc) is 1.56. The SMILES string of the molecule is CNCCN(CCC(=O)NCCC(=O)N[C@H]1[C@H](OC2[C@@H](CO)O[C@@H](OC3[C@@H](CO)O[C@@H](OC4[C@@H](CO)O[C@@H](OC5[C@@H](CO)OC(O)[C@H](NC(C)=O)[C@H]5O)[C@H](NC(C)=O)[C@H]4O)[C@H](NC(C)=O)[C@H]3O)[C@H](NC(C)=O)[C@H]2O)O[C@H](CO)[C@@H](O)[C@@H]1O)C(=O)Oc1cc2c(c3c(C)cccc13)[C@H](CCl)CN2C(=O)c1cn2cc(NC(=O)c3cc4ccccc4o3)ccc2n1. The Labute approximate surface area is 711 Å². The van der Waals surface area contributed by atoms with E-state index in [0.717, 1.165) is 44.2 Å². The lowest BCUT2D eigenvalue weighted by atomic mass is 9.92. The summed E-state index contributed by atoms with van der Waals surface area (Å²) >= 11 is 6.68. The number of carbonyl (C=O) groups excluding carboxylic acids is 9. The van der Waals surface area contributed by atoms with E-state index in [1.807, 2.05) is 25.1 Å². The predicted octanol–water partition coefficient (Wildman–Crippen LogP) is -5.52. The lowest BCUT2D eigenvalue weighted by Gasteiger charge is -2.51. The van der Waals surface area contributed by atoms with Crippen molar-refractivity contribution in [3.63, 3.8) is 0 Å². The van der Waals surface area contributed by atoms with E-state index in [-0.39, 0.29) is 68.1 Å². The number of amides is 9. The van der Waals surface area contributed by atoms with Gasteiger partial charge in [0.05, 0.1) is 44.4 Å². The maximum Gasteiger partial charge on any atom is 0.415 e. The molecular formula is C79H103ClN12O32. The molecule has 9 amide bonds. The molecule has 5 fully saturated rings. The minimum Gasteiger partial charge on any atom is -0.451 e. The number of ether oxygens (including phenoxy) is 10. The van der Waals surface area contributed by atoms with Crippen LogP contribution in [0, 0.1) is 6.92 Å². The first-order valence-corrected chi connectivity index (χ1v) is 40.5. The number of anilines is 2. The Kier molecular flexibility index (Phi) is 31.3. The van der Waals surface area contributed by atoms with Crippen molar-refractivity contribution in [2.24, 2.45) is 0 Å². The number of furan rings is 1. The van der Waals surface area contributed by atoms with Crippen LogP contribution < -0.4 is 52.2 Å². The van der Waals surface area contributed by atoms with Gasteiger partial charge in [-0.15, -0.1) is 11.6 Å². The van der Waals surface area contributed by atoms with Crippen LogP contribution in [0.2, 0.25) is 0 Å². The van der Waals surface area contributed by atoms with Crippen LogP contribution in [0.3, 0.4) is 0 Å². The number of halogens is 1. The normalized spacial score (nSPS) is 31.2. The molecule has 45 heteroatoms. The summed E-state index contributed by atoms with van der Waals surface area (Å²) in [6, 6.07) is 10.5. The fourth-order valence-electron chi connectivity index (χ4n) is 16.1. The zero-order chi connectivity index (χ0) is 89.4. The van der Waals surface area contributed by atoms with Crippen LogP contribution in [-0.2, 0) is 71.4 Å². The number of aromatic nitrogens is 2. The van der Waals surface area contributed by atoms with Crippen LogP contribution in [0.15, 0.2) is 83.5 Å².